The summed E-state index contributed by atoms with van der Waals surface area (Å²) in [4.78, 5) is 0. The second-order valence-electron chi connectivity index (χ2n) is 5.21. The lowest BCUT2D eigenvalue weighted by atomic mass is 10.0. The van der Waals surface area contributed by atoms with E-state index < -0.39 is 0 Å². The number of anilines is 1. The van der Waals surface area contributed by atoms with Crippen molar-refractivity contribution in [1.82, 2.24) is 15.5 Å². The van der Waals surface area contributed by atoms with Crippen molar-refractivity contribution >= 4 is 6.01 Å². The number of nitrogens with zero attached hydrogens (tertiary/aromatic N) is 2. The zero-order valence-corrected chi connectivity index (χ0v) is 10.7. The predicted molar refractivity (Wildman–Crippen MR) is 66.2 cm³/mol. The molecule has 2 fully saturated rings. The van der Waals surface area contributed by atoms with E-state index in [1.807, 2.05) is 0 Å². The van der Waals surface area contributed by atoms with Gasteiger partial charge in [-0.1, -0.05) is 5.10 Å². The monoisotopic (exact) mass is 252 g/mol. The van der Waals surface area contributed by atoms with Crippen molar-refractivity contribution in [3.05, 3.63) is 5.89 Å². The summed E-state index contributed by atoms with van der Waals surface area (Å²) in [7, 11) is 0. The zero-order chi connectivity index (χ0) is 12.4. The lowest BCUT2D eigenvalue weighted by Gasteiger charge is -2.17. The van der Waals surface area contributed by atoms with Crippen molar-refractivity contribution in [1.29, 1.82) is 0 Å². The molecular formula is C12H20N4O2. The van der Waals surface area contributed by atoms with Crippen LogP contribution in [-0.4, -0.2) is 35.5 Å². The van der Waals surface area contributed by atoms with Crippen LogP contribution in [-0.2, 0) is 11.3 Å². The van der Waals surface area contributed by atoms with E-state index in [1.54, 1.807) is 0 Å². The molecule has 0 radical (unpaired) electrons. The molecule has 1 aliphatic carbocycles. The molecule has 2 heterocycles. The van der Waals surface area contributed by atoms with Crippen LogP contribution in [0, 0.1) is 5.92 Å². The van der Waals surface area contributed by atoms with Gasteiger partial charge in [0.15, 0.2) is 0 Å². The Kier molecular flexibility index (Phi) is 3.47. The standard InChI is InChI=1S/C12H20N4O2/c1-8(9-4-5-17-7-9)14-12-16-15-11(18-12)6-13-10-2-3-10/h8-10,13H,2-7H2,1H3,(H,14,16). The molecule has 2 atom stereocenters. The Bertz CT molecular complexity index is 385. The van der Waals surface area contributed by atoms with E-state index in [-0.39, 0.29) is 0 Å². The molecule has 1 aromatic rings. The first-order chi connectivity index (χ1) is 8.81. The highest BCUT2D eigenvalue weighted by Crippen LogP contribution is 2.21. The van der Waals surface area contributed by atoms with Crippen molar-refractivity contribution < 1.29 is 9.15 Å². The van der Waals surface area contributed by atoms with Gasteiger partial charge >= 0.3 is 6.01 Å². The summed E-state index contributed by atoms with van der Waals surface area (Å²) in [6.45, 7) is 4.47. The van der Waals surface area contributed by atoms with Gasteiger partial charge in [0.2, 0.25) is 5.89 Å². The highest BCUT2D eigenvalue weighted by atomic mass is 16.5. The third-order valence-electron chi connectivity index (χ3n) is 3.61. The average Bonchev–Trinajstić information content (AvgIpc) is 2.88. The molecule has 1 saturated carbocycles. The van der Waals surface area contributed by atoms with Gasteiger partial charge in [0.1, 0.15) is 0 Å². The third kappa shape index (κ3) is 3.00. The molecule has 1 aliphatic heterocycles. The Morgan fingerprint density at radius 1 is 1.33 bits per heavy atom. The highest BCUT2D eigenvalue weighted by Gasteiger charge is 2.24. The fourth-order valence-corrected chi connectivity index (χ4v) is 2.16. The first-order valence-corrected chi connectivity index (χ1v) is 6.71. The average molecular weight is 252 g/mol. The summed E-state index contributed by atoms with van der Waals surface area (Å²) >= 11 is 0. The third-order valence-corrected chi connectivity index (χ3v) is 3.61. The van der Waals surface area contributed by atoms with Crippen molar-refractivity contribution in [2.45, 2.75) is 44.8 Å². The number of ether oxygens (including phenoxy) is 1. The van der Waals surface area contributed by atoms with Crippen LogP contribution >= 0.6 is 0 Å². The van der Waals surface area contributed by atoms with Gasteiger partial charge in [0.05, 0.1) is 13.2 Å². The van der Waals surface area contributed by atoms with Crippen molar-refractivity contribution in [2.75, 3.05) is 18.5 Å². The Balaban J connectivity index is 1.48. The molecule has 1 saturated heterocycles. The normalized spacial score (nSPS) is 25.3. The van der Waals surface area contributed by atoms with Crippen molar-refractivity contribution in [3.63, 3.8) is 0 Å². The molecule has 0 amide bonds. The van der Waals surface area contributed by atoms with Crippen molar-refractivity contribution in [3.8, 4) is 0 Å². The van der Waals surface area contributed by atoms with Gasteiger partial charge in [-0.25, -0.2) is 0 Å². The van der Waals surface area contributed by atoms with Crippen LogP contribution in [0.4, 0.5) is 6.01 Å². The van der Waals surface area contributed by atoms with Crippen LogP contribution < -0.4 is 10.6 Å². The van der Waals surface area contributed by atoms with E-state index in [0.717, 1.165) is 19.6 Å². The van der Waals surface area contributed by atoms with E-state index in [0.29, 0.717) is 36.5 Å². The van der Waals surface area contributed by atoms with Gasteiger partial charge in [-0.15, -0.1) is 5.10 Å². The number of rotatable bonds is 6. The minimum atomic E-state index is 0.303. The minimum Gasteiger partial charge on any atom is -0.407 e. The summed E-state index contributed by atoms with van der Waals surface area (Å²) in [6.07, 6.45) is 3.62. The lowest BCUT2D eigenvalue weighted by molar-refractivity contribution is 0.183. The van der Waals surface area contributed by atoms with E-state index in [4.69, 9.17) is 9.15 Å². The summed E-state index contributed by atoms with van der Waals surface area (Å²) in [5.41, 5.74) is 0. The van der Waals surface area contributed by atoms with E-state index in [1.165, 1.54) is 12.8 Å². The maximum Gasteiger partial charge on any atom is 0.315 e. The number of hydrogen-bond acceptors (Lipinski definition) is 6. The largest absolute Gasteiger partial charge is 0.407 e. The highest BCUT2D eigenvalue weighted by molar-refractivity contribution is 5.19. The molecule has 18 heavy (non-hydrogen) atoms. The quantitative estimate of drug-likeness (QED) is 0.791. The van der Waals surface area contributed by atoms with Gasteiger partial charge in [0, 0.05) is 24.6 Å². The van der Waals surface area contributed by atoms with Gasteiger partial charge in [-0.05, 0) is 26.2 Å². The summed E-state index contributed by atoms with van der Waals surface area (Å²) in [5.74, 6) is 1.18. The van der Waals surface area contributed by atoms with Crippen LogP contribution in [0.1, 0.15) is 32.1 Å². The molecule has 6 heteroatoms. The van der Waals surface area contributed by atoms with E-state index >= 15 is 0 Å². The van der Waals surface area contributed by atoms with Crippen LogP contribution in [0.15, 0.2) is 4.42 Å². The van der Waals surface area contributed by atoms with Gasteiger partial charge in [-0.2, -0.15) is 0 Å². The molecule has 2 N–H and O–H groups in total. The molecule has 2 aliphatic rings. The Hall–Kier alpha value is -1.14. The van der Waals surface area contributed by atoms with Crippen LogP contribution in [0.3, 0.4) is 0 Å². The van der Waals surface area contributed by atoms with Crippen LogP contribution in [0.5, 0.6) is 0 Å². The molecule has 3 rings (SSSR count). The fourth-order valence-electron chi connectivity index (χ4n) is 2.16. The number of hydrogen-bond donors (Lipinski definition) is 2. The maximum absolute atomic E-state index is 5.56. The molecule has 100 valence electrons. The van der Waals surface area contributed by atoms with Crippen molar-refractivity contribution in [2.24, 2.45) is 5.92 Å². The summed E-state index contributed by atoms with van der Waals surface area (Å²) in [6, 6.07) is 1.47. The first kappa shape index (κ1) is 11.9. The zero-order valence-electron chi connectivity index (χ0n) is 10.7. The number of aromatic nitrogens is 2. The first-order valence-electron chi connectivity index (χ1n) is 6.71. The maximum atomic E-state index is 5.56. The van der Waals surface area contributed by atoms with E-state index in [9.17, 15) is 0 Å². The number of nitrogens with one attached hydrogen (secondary N) is 2. The lowest BCUT2D eigenvalue weighted by Crippen LogP contribution is -2.26. The second kappa shape index (κ2) is 5.24. The van der Waals surface area contributed by atoms with Gasteiger partial charge in [-0.3, -0.25) is 0 Å². The predicted octanol–water partition coefficient (Wildman–Crippen LogP) is 1.16. The molecule has 0 aromatic carbocycles. The summed E-state index contributed by atoms with van der Waals surface area (Å²) in [5, 5.41) is 14.7. The molecule has 0 spiro atoms. The van der Waals surface area contributed by atoms with E-state index in [2.05, 4.69) is 27.8 Å². The smallest absolute Gasteiger partial charge is 0.315 e. The van der Waals surface area contributed by atoms with Gasteiger partial charge < -0.3 is 19.8 Å². The minimum absolute atomic E-state index is 0.303. The topological polar surface area (TPSA) is 72.2 Å². The fraction of sp³-hybridized carbons (Fsp3) is 0.833. The molecule has 6 nitrogen and oxygen atoms in total. The van der Waals surface area contributed by atoms with Crippen LogP contribution in [0.25, 0.3) is 0 Å². The summed E-state index contributed by atoms with van der Waals surface area (Å²) < 4.78 is 10.9. The molecular weight excluding hydrogens is 232 g/mol. The molecule has 0 bridgehead atoms. The SMILES string of the molecule is CC(Nc1nnc(CNC2CC2)o1)C1CCOC1. The second-order valence-corrected chi connectivity index (χ2v) is 5.21. The Labute approximate surface area is 106 Å². The Morgan fingerprint density at radius 3 is 2.94 bits per heavy atom. The van der Waals surface area contributed by atoms with Gasteiger partial charge in [0.25, 0.3) is 0 Å². The molecule has 1 aromatic heterocycles. The molecule has 2 unspecified atom stereocenters. The van der Waals surface area contributed by atoms with Crippen LogP contribution in [0.2, 0.25) is 0 Å². The Morgan fingerprint density at radius 2 is 2.22 bits per heavy atom.